The van der Waals surface area contributed by atoms with Crippen LogP contribution < -0.4 is 15.5 Å². The third-order valence-electron chi connectivity index (χ3n) is 4.48. The van der Waals surface area contributed by atoms with Crippen LogP contribution in [-0.4, -0.2) is 25.0 Å². The van der Waals surface area contributed by atoms with Crippen LogP contribution in [-0.2, 0) is 17.8 Å². The van der Waals surface area contributed by atoms with Gasteiger partial charge < -0.3 is 10.2 Å². The summed E-state index contributed by atoms with van der Waals surface area (Å²) in [6.07, 6.45) is 1.44. The third kappa shape index (κ3) is 4.20. The Morgan fingerprint density at radius 1 is 1.15 bits per heavy atom. The summed E-state index contributed by atoms with van der Waals surface area (Å²) in [4.78, 5) is 26.0. The fraction of sp³-hybridized carbons (Fsp3) is 0.300. The Labute approximate surface area is 152 Å². The van der Waals surface area contributed by atoms with E-state index in [4.69, 9.17) is 0 Å². The van der Waals surface area contributed by atoms with Gasteiger partial charge in [-0.15, -0.1) is 0 Å². The summed E-state index contributed by atoms with van der Waals surface area (Å²) in [6.45, 7) is 2.93. The minimum absolute atomic E-state index is 0.0239. The number of carbonyl (C=O) groups is 2. The highest BCUT2D eigenvalue weighted by Gasteiger charge is 2.24. The lowest BCUT2D eigenvalue weighted by Crippen LogP contribution is -2.45. The highest BCUT2D eigenvalue weighted by molar-refractivity contribution is 5.96. The smallest absolute Gasteiger partial charge is 0.321 e. The molecule has 0 atom stereocenters. The first-order valence-corrected chi connectivity index (χ1v) is 8.69. The van der Waals surface area contributed by atoms with Gasteiger partial charge in [0.2, 0.25) is 5.91 Å². The number of nitrogens with one attached hydrogen (secondary N) is 2. The van der Waals surface area contributed by atoms with Crippen LogP contribution >= 0.6 is 0 Å². The molecule has 1 aliphatic heterocycles. The number of benzene rings is 2. The number of fused-ring (bicyclic) bond motifs is 1. The molecule has 26 heavy (non-hydrogen) atoms. The van der Waals surface area contributed by atoms with Crippen LogP contribution in [0.5, 0.6) is 0 Å². The number of imide groups is 1. The first-order chi connectivity index (χ1) is 12.5. The average Bonchev–Trinajstić information content (AvgIpc) is 2.64. The molecule has 0 fully saturated rings. The molecule has 0 unspecified atom stereocenters. The lowest BCUT2D eigenvalue weighted by atomic mass is 9.97. The van der Waals surface area contributed by atoms with E-state index < -0.39 is 11.9 Å². The Morgan fingerprint density at radius 3 is 2.69 bits per heavy atom. The Morgan fingerprint density at radius 2 is 1.92 bits per heavy atom. The molecule has 2 aromatic rings. The van der Waals surface area contributed by atoms with E-state index in [0.717, 1.165) is 23.2 Å². The predicted octanol–water partition coefficient (Wildman–Crippen LogP) is 2.91. The van der Waals surface area contributed by atoms with Crippen LogP contribution in [0.4, 0.5) is 14.9 Å². The minimum Gasteiger partial charge on any atom is -0.362 e. The van der Waals surface area contributed by atoms with Crippen molar-refractivity contribution in [3.05, 3.63) is 65.0 Å². The molecule has 0 saturated heterocycles. The molecule has 0 aliphatic carbocycles. The molecule has 3 rings (SSSR count). The maximum absolute atomic E-state index is 14.0. The minimum atomic E-state index is -0.535. The topological polar surface area (TPSA) is 61.4 Å². The van der Waals surface area contributed by atoms with Crippen LogP contribution in [0.2, 0.25) is 0 Å². The Balaban J connectivity index is 1.58. The van der Waals surface area contributed by atoms with Gasteiger partial charge in [0.05, 0.1) is 6.54 Å². The molecular weight excluding hydrogens is 333 g/mol. The van der Waals surface area contributed by atoms with Gasteiger partial charge in [-0.1, -0.05) is 36.4 Å². The molecule has 0 radical (unpaired) electrons. The van der Waals surface area contributed by atoms with Gasteiger partial charge in [-0.25, -0.2) is 9.18 Å². The van der Waals surface area contributed by atoms with E-state index in [-0.39, 0.29) is 12.4 Å². The van der Waals surface area contributed by atoms with Crippen LogP contribution in [0.1, 0.15) is 23.1 Å². The van der Waals surface area contributed by atoms with E-state index in [1.807, 2.05) is 42.2 Å². The van der Waals surface area contributed by atoms with Crippen molar-refractivity contribution in [1.29, 1.82) is 0 Å². The van der Waals surface area contributed by atoms with E-state index in [1.165, 1.54) is 6.07 Å². The van der Waals surface area contributed by atoms with Gasteiger partial charge >= 0.3 is 6.03 Å². The van der Waals surface area contributed by atoms with Crippen molar-refractivity contribution in [2.24, 2.45) is 0 Å². The number of amides is 3. The molecule has 0 spiro atoms. The molecule has 5 nitrogen and oxygen atoms in total. The SMILES string of the molecule is Cc1ccc(F)c2c1N(CC(=O)NC(=O)NCc1ccccc1)CCC2. The maximum Gasteiger partial charge on any atom is 0.321 e. The average molecular weight is 355 g/mol. The molecule has 2 aromatic carbocycles. The number of hydrogen-bond donors (Lipinski definition) is 2. The normalized spacial score (nSPS) is 13.1. The predicted molar refractivity (Wildman–Crippen MR) is 98.5 cm³/mol. The highest BCUT2D eigenvalue weighted by atomic mass is 19.1. The zero-order valence-corrected chi connectivity index (χ0v) is 14.7. The fourth-order valence-corrected chi connectivity index (χ4v) is 3.29. The Bertz CT molecular complexity index is 808. The van der Waals surface area contributed by atoms with Crippen molar-refractivity contribution in [3.63, 3.8) is 0 Å². The van der Waals surface area contributed by atoms with E-state index in [2.05, 4.69) is 10.6 Å². The van der Waals surface area contributed by atoms with Crippen molar-refractivity contribution in [1.82, 2.24) is 10.6 Å². The van der Waals surface area contributed by atoms with E-state index in [0.29, 0.717) is 25.1 Å². The molecule has 136 valence electrons. The summed E-state index contributed by atoms with van der Waals surface area (Å²) in [7, 11) is 0. The summed E-state index contributed by atoms with van der Waals surface area (Å²) in [5.41, 5.74) is 3.31. The second kappa shape index (κ2) is 7.99. The number of carbonyl (C=O) groups excluding carboxylic acids is 2. The number of urea groups is 1. The van der Waals surface area contributed by atoms with Crippen LogP contribution in [0.15, 0.2) is 42.5 Å². The molecule has 6 heteroatoms. The molecule has 1 aliphatic rings. The third-order valence-corrected chi connectivity index (χ3v) is 4.48. The number of aryl methyl sites for hydroxylation is 1. The number of rotatable bonds is 4. The number of hydrogen-bond acceptors (Lipinski definition) is 3. The number of nitrogens with zero attached hydrogens (tertiary/aromatic N) is 1. The Hall–Kier alpha value is -2.89. The number of halogens is 1. The van der Waals surface area contributed by atoms with Crippen molar-refractivity contribution >= 4 is 17.6 Å². The molecule has 2 N–H and O–H groups in total. The summed E-state index contributed by atoms with van der Waals surface area (Å²) in [6, 6.07) is 12.1. The summed E-state index contributed by atoms with van der Waals surface area (Å²) < 4.78 is 14.0. The zero-order valence-electron chi connectivity index (χ0n) is 14.7. The largest absolute Gasteiger partial charge is 0.362 e. The van der Waals surface area contributed by atoms with Gasteiger partial charge in [-0.05, 0) is 37.0 Å². The van der Waals surface area contributed by atoms with Crippen LogP contribution in [0.3, 0.4) is 0 Å². The van der Waals surface area contributed by atoms with Gasteiger partial charge in [-0.3, -0.25) is 10.1 Å². The van der Waals surface area contributed by atoms with Crippen molar-refractivity contribution < 1.29 is 14.0 Å². The van der Waals surface area contributed by atoms with E-state index in [9.17, 15) is 14.0 Å². The second-order valence-electron chi connectivity index (χ2n) is 6.43. The molecule has 0 aromatic heterocycles. The van der Waals surface area contributed by atoms with Gasteiger partial charge in [-0.2, -0.15) is 0 Å². The summed E-state index contributed by atoms with van der Waals surface area (Å²) >= 11 is 0. The maximum atomic E-state index is 14.0. The van der Waals surface area contributed by atoms with Gasteiger partial charge in [0.1, 0.15) is 5.82 Å². The van der Waals surface area contributed by atoms with E-state index in [1.54, 1.807) is 6.07 Å². The van der Waals surface area contributed by atoms with Gasteiger partial charge in [0, 0.05) is 24.3 Å². The standard InChI is InChI=1S/C20H22FN3O2/c1-14-9-10-17(21)16-8-5-11-24(19(14)16)13-18(25)23-20(26)22-12-15-6-3-2-4-7-15/h2-4,6-7,9-10H,5,8,11-13H2,1H3,(H2,22,23,25,26). The quantitative estimate of drug-likeness (QED) is 0.886. The molecule has 0 bridgehead atoms. The zero-order chi connectivity index (χ0) is 18.5. The van der Waals surface area contributed by atoms with E-state index >= 15 is 0 Å². The molecule has 3 amide bonds. The van der Waals surface area contributed by atoms with Crippen LogP contribution in [0, 0.1) is 12.7 Å². The molecular formula is C20H22FN3O2. The monoisotopic (exact) mass is 355 g/mol. The lowest BCUT2D eigenvalue weighted by molar-refractivity contribution is -0.118. The lowest BCUT2D eigenvalue weighted by Gasteiger charge is -2.32. The van der Waals surface area contributed by atoms with Crippen LogP contribution in [0.25, 0.3) is 0 Å². The summed E-state index contributed by atoms with van der Waals surface area (Å²) in [5, 5.41) is 5.00. The molecule has 0 saturated carbocycles. The highest BCUT2D eigenvalue weighted by Crippen LogP contribution is 2.32. The molecule has 1 heterocycles. The Kier molecular flexibility index (Phi) is 5.51. The second-order valence-corrected chi connectivity index (χ2v) is 6.43. The first kappa shape index (κ1) is 17.9. The van der Waals surface area contributed by atoms with Crippen molar-refractivity contribution in [2.45, 2.75) is 26.3 Å². The van der Waals surface area contributed by atoms with Crippen molar-refractivity contribution in [3.8, 4) is 0 Å². The van der Waals surface area contributed by atoms with Gasteiger partial charge in [0.15, 0.2) is 0 Å². The van der Waals surface area contributed by atoms with Gasteiger partial charge in [0.25, 0.3) is 0 Å². The number of anilines is 1. The van der Waals surface area contributed by atoms with Crippen molar-refractivity contribution in [2.75, 3.05) is 18.0 Å². The summed E-state index contributed by atoms with van der Waals surface area (Å²) in [5.74, 6) is -0.650. The fourth-order valence-electron chi connectivity index (χ4n) is 3.29. The first-order valence-electron chi connectivity index (χ1n) is 8.69.